The third-order valence-electron chi connectivity index (χ3n) is 5.25. The molecular weight excluding hydrogens is 330 g/mol. The zero-order valence-electron chi connectivity index (χ0n) is 16.8. The molecule has 0 radical (unpaired) electrons. The van der Waals surface area contributed by atoms with Gasteiger partial charge < -0.3 is 5.01 Å². The summed E-state index contributed by atoms with van der Waals surface area (Å²) < 4.78 is 0. The van der Waals surface area contributed by atoms with Crippen molar-refractivity contribution in [1.29, 1.82) is 0 Å². The molecule has 2 unspecified atom stereocenters. The number of nitrogens with zero attached hydrogens (tertiary/aromatic N) is 5. The Bertz CT molecular complexity index is 508. The van der Waals surface area contributed by atoms with Crippen molar-refractivity contribution < 1.29 is 0 Å². The van der Waals surface area contributed by atoms with Gasteiger partial charge in [0.25, 0.3) is 0 Å². The first-order valence-electron chi connectivity index (χ1n) is 9.47. The molecule has 0 amide bonds. The SMILES string of the molecule is CC.CN1CC2CCCSC2CN1C.CN1Cc2ccncc2N1C. The smallest absolute Gasteiger partial charge is 0.0747 e. The van der Waals surface area contributed by atoms with Gasteiger partial charge in [0.15, 0.2) is 0 Å². The van der Waals surface area contributed by atoms with Crippen LogP contribution in [0.5, 0.6) is 0 Å². The van der Waals surface area contributed by atoms with E-state index in [0.29, 0.717) is 0 Å². The van der Waals surface area contributed by atoms with Gasteiger partial charge in [-0.1, -0.05) is 13.8 Å². The van der Waals surface area contributed by atoms with Crippen LogP contribution >= 0.6 is 11.8 Å². The van der Waals surface area contributed by atoms with Crippen LogP contribution in [-0.2, 0) is 6.54 Å². The van der Waals surface area contributed by atoms with E-state index < -0.39 is 0 Å². The summed E-state index contributed by atoms with van der Waals surface area (Å²) in [7, 11) is 8.52. The van der Waals surface area contributed by atoms with Crippen LogP contribution in [0.4, 0.5) is 5.69 Å². The number of rotatable bonds is 0. The maximum atomic E-state index is 4.07. The Kier molecular flexibility index (Phi) is 8.00. The van der Waals surface area contributed by atoms with Crippen LogP contribution in [0, 0.1) is 5.92 Å². The highest BCUT2D eigenvalue weighted by Crippen LogP contribution is 2.34. The van der Waals surface area contributed by atoms with Crippen molar-refractivity contribution in [3.05, 3.63) is 24.0 Å². The number of hydrogen-bond acceptors (Lipinski definition) is 6. The van der Waals surface area contributed by atoms with Gasteiger partial charge in [-0.05, 0) is 36.1 Å². The van der Waals surface area contributed by atoms with Crippen molar-refractivity contribution in [2.24, 2.45) is 5.92 Å². The summed E-state index contributed by atoms with van der Waals surface area (Å²) in [6, 6.07) is 2.06. The zero-order chi connectivity index (χ0) is 18.4. The summed E-state index contributed by atoms with van der Waals surface area (Å²) in [5.74, 6) is 2.35. The highest BCUT2D eigenvalue weighted by molar-refractivity contribution is 8.00. The van der Waals surface area contributed by atoms with E-state index in [2.05, 4.69) is 64.0 Å². The Morgan fingerprint density at radius 3 is 2.48 bits per heavy atom. The first kappa shape index (κ1) is 20.5. The molecule has 1 aromatic rings. The first-order chi connectivity index (χ1) is 12.1. The number of hydrazine groups is 2. The van der Waals surface area contributed by atoms with Gasteiger partial charge in [0, 0.05) is 59.3 Å². The highest BCUT2D eigenvalue weighted by atomic mass is 32.2. The van der Waals surface area contributed by atoms with Crippen LogP contribution in [0.1, 0.15) is 32.3 Å². The lowest BCUT2D eigenvalue weighted by atomic mass is 9.97. The van der Waals surface area contributed by atoms with Gasteiger partial charge in [0.05, 0.1) is 11.9 Å². The lowest BCUT2D eigenvalue weighted by Crippen LogP contribution is -2.52. The van der Waals surface area contributed by atoms with E-state index in [4.69, 9.17) is 0 Å². The molecule has 6 heteroatoms. The lowest BCUT2D eigenvalue weighted by molar-refractivity contribution is -0.0250. The molecule has 5 nitrogen and oxygen atoms in total. The minimum absolute atomic E-state index is 0.917. The van der Waals surface area contributed by atoms with Gasteiger partial charge >= 0.3 is 0 Å². The van der Waals surface area contributed by atoms with E-state index in [9.17, 15) is 0 Å². The molecule has 0 spiro atoms. The Labute approximate surface area is 158 Å². The van der Waals surface area contributed by atoms with Crippen molar-refractivity contribution in [3.8, 4) is 0 Å². The molecule has 0 N–H and O–H groups in total. The minimum atomic E-state index is 0.917. The number of pyridine rings is 1. The van der Waals surface area contributed by atoms with Crippen LogP contribution < -0.4 is 5.01 Å². The average molecular weight is 366 g/mol. The molecule has 0 aliphatic carbocycles. The number of anilines is 1. The molecule has 25 heavy (non-hydrogen) atoms. The molecule has 3 aliphatic rings. The summed E-state index contributed by atoms with van der Waals surface area (Å²) in [5, 5.41) is 9.92. The van der Waals surface area contributed by atoms with E-state index in [0.717, 1.165) is 17.7 Å². The largest absolute Gasteiger partial charge is 0.307 e. The third-order valence-corrected chi connectivity index (χ3v) is 6.74. The Hall–Kier alpha value is -0.820. The predicted octanol–water partition coefficient (Wildman–Crippen LogP) is 3.19. The Balaban J connectivity index is 0.000000165. The fourth-order valence-electron chi connectivity index (χ4n) is 3.57. The highest BCUT2D eigenvalue weighted by Gasteiger charge is 2.32. The maximum Gasteiger partial charge on any atom is 0.0747 e. The summed E-state index contributed by atoms with van der Waals surface area (Å²) in [6.45, 7) is 7.52. The van der Waals surface area contributed by atoms with Gasteiger partial charge in [0.2, 0.25) is 0 Å². The van der Waals surface area contributed by atoms with Crippen molar-refractivity contribution in [1.82, 2.24) is 20.0 Å². The van der Waals surface area contributed by atoms with Crippen molar-refractivity contribution in [2.45, 2.75) is 38.5 Å². The number of hydrogen-bond donors (Lipinski definition) is 0. The van der Waals surface area contributed by atoms with Crippen molar-refractivity contribution in [2.75, 3.05) is 52.0 Å². The standard InChI is InChI=1S/C9H18N2S.C8H11N3.C2H6/c1-10-6-8-4-3-5-12-9(8)7-11(10)2;1-10-6-7-3-4-9-5-8(7)11(10)2;1-2/h8-9H,3-7H2,1-2H3;3-5H,6H2,1-2H3;1-2H3. The van der Waals surface area contributed by atoms with Gasteiger partial charge in [-0.25, -0.2) is 15.0 Å². The van der Waals surface area contributed by atoms with Crippen molar-refractivity contribution >= 4 is 17.4 Å². The molecule has 2 fully saturated rings. The van der Waals surface area contributed by atoms with Gasteiger partial charge in [-0.2, -0.15) is 11.8 Å². The van der Waals surface area contributed by atoms with Gasteiger partial charge in [-0.3, -0.25) is 4.98 Å². The van der Waals surface area contributed by atoms with E-state index >= 15 is 0 Å². The number of aromatic nitrogens is 1. The summed E-state index contributed by atoms with van der Waals surface area (Å²) >= 11 is 2.18. The maximum absolute atomic E-state index is 4.07. The fourth-order valence-corrected chi connectivity index (χ4v) is 5.02. The molecule has 2 saturated heterocycles. The van der Waals surface area contributed by atoms with E-state index in [1.165, 1.54) is 42.9 Å². The molecule has 1 aromatic heterocycles. The second kappa shape index (κ2) is 9.76. The number of fused-ring (bicyclic) bond motifs is 2. The molecule has 142 valence electrons. The second-order valence-electron chi connectivity index (χ2n) is 6.84. The van der Waals surface area contributed by atoms with Crippen LogP contribution in [0.15, 0.2) is 18.5 Å². The third kappa shape index (κ3) is 5.09. The van der Waals surface area contributed by atoms with Crippen molar-refractivity contribution in [3.63, 3.8) is 0 Å². The Morgan fingerprint density at radius 2 is 1.76 bits per heavy atom. The summed E-state index contributed by atoms with van der Waals surface area (Å²) in [6.07, 6.45) is 6.63. The lowest BCUT2D eigenvalue weighted by Gasteiger charge is -2.44. The quantitative estimate of drug-likeness (QED) is 0.700. The summed E-state index contributed by atoms with van der Waals surface area (Å²) in [4.78, 5) is 4.07. The van der Waals surface area contributed by atoms with Crippen LogP contribution in [-0.4, -0.2) is 72.3 Å². The number of thioether (sulfide) groups is 1. The molecule has 0 aromatic carbocycles. The van der Waals surface area contributed by atoms with Gasteiger partial charge in [0.1, 0.15) is 0 Å². The average Bonchev–Trinajstić information content (AvgIpc) is 2.93. The molecular formula is C19H35N5S. The predicted molar refractivity (Wildman–Crippen MR) is 110 cm³/mol. The molecule has 4 heterocycles. The first-order valence-corrected chi connectivity index (χ1v) is 10.5. The monoisotopic (exact) mass is 365 g/mol. The summed E-state index contributed by atoms with van der Waals surface area (Å²) in [5.41, 5.74) is 2.57. The molecule has 0 bridgehead atoms. The van der Waals surface area contributed by atoms with Crippen LogP contribution in [0.2, 0.25) is 0 Å². The normalized spacial score (nSPS) is 26.7. The molecule has 4 rings (SSSR count). The Morgan fingerprint density at radius 1 is 1.04 bits per heavy atom. The van der Waals surface area contributed by atoms with Crippen LogP contribution in [0.3, 0.4) is 0 Å². The van der Waals surface area contributed by atoms with Crippen LogP contribution in [0.25, 0.3) is 0 Å². The molecule has 2 atom stereocenters. The van der Waals surface area contributed by atoms with E-state index in [1.54, 1.807) is 0 Å². The minimum Gasteiger partial charge on any atom is -0.307 e. The van der Waals surface area contributed by atoms with E-state index in [1.807, 2.05) is 33.3 Å². The molecule has 0 saturated carbocycles. The topological polar surface area (TPSA) is 25.9 Å². The fraction of sp³-hybridized carbons (Fsp3) is 0.737. The van der Waals surface area contributed by atoms with Gasteiger partial charge in [-0.15, -0.1) is 0 Å². The zero-order valence-corrected chi connectivity index (χ0v) is 17.6. The molecule has 3 aliphatic heterocycles. The second-order valence-corrected chi connectivity index (χ2v) is 8.18. The van der Waals surface area contributed by atoms with E-state index in [-0.39, 0.29) is 0 Å².